The molecule has 25 heavy (non-hydrogen) atoms. The largest absolute Gasteiger partial charge is 0.444 e. The van der Waals surface area contributed by atoms with Crippen LogP contribution in [-0.4, -0.2) is 38.5 Å². The maximum absolute atomic E-state index is 13.7. The van der Waals surface area contributed by atoms with Gasteiger partial charge < -0.3 is 15.4 Å². The molecule has 0 bridgehead atoms. The summed E-state index contributed by atoms with van der Waals surface area (Å²) in [5.41, 5.74) is -0.0358. The molecule has 0 aliphatic heterocycles. The Balaban J connectivity index is 1.85. The number of alkyl carbamates (subject to hydrolysis) is 1. The van der Waals surface area contributed by atoms with Gasteiger partial charge in [0.25, 0.3) is 0 Å². The summed E-state index contributed by atoms with van der Waals surface area (Å²) in [6, 6.07) is 4.27. The van der Waals surface area contributed by atoms with Crippen molar-refractivity contribution in [2.75, 3.05) is 16.3 Å². The summed E-state index contributed by atoms with van der Waals surface area (Å²) in [6.45, 7) is 5.40. The Morgan fingerprint density at radius 2 is 1.88 bits per heavy atom. The van der Waals surface area contributed by atoms with Gasteiger partial charge in [0, 0.05) is 17.8 Å². The number of hydrogen-bond acceptors (Lipinski definition) is 5. The van der Waals surface area contributed by atoms with Crippen molar-refractivity contribution in [3.8, 4) is 0 Å². The van der Waals surface area contributed by atoms with Gasteiger partial charge in [-0.3, -0.25) is 4.72 Å². The van der Waals surface area contributed by atoms with E-state index in [-0.39, 0.29) is 17.8 Å². The fraction of sp³-hybridized carbons (Fsp3) is 0.562. The van der Waals surface area contributed by atoms with Crippen molar-refractivity contribution in [3.05, 3.63) is 24.0 Å². The maximum atomic E-state index is 13.7. The second-order valence-corrected chi connectivity index (χ2v) is 8.97. The number of benzene rings is 1. The van der Waals surface area contributed by atoms with Gasteiger partial charge in [-0.05, 0) is 51.8 Å². The Hall–Kier alpha value is -2.03. The Morgan fingerprint density at radius 1 is 1.24 bits per heavy atom. The molecule has 2 rings (SSSR count). The van der Waals surface area contributed by atoms with Crippen LogP contribution >= 0.6 is 0 Å². The normalized spacial score (nSPS) is 20.4. The minimum atomic E-state index is -3.55. The average molecular weight is 373 g/mol. The summed E-state index contributed by atoms with van der Waals surface area (Å²) in [4.78, 5) is 11.7. The van der Waals surface area contributed by atoms with E-state index in [1.54, 1.807) is 20.8 Å². The molecule has 0 spiro atoms. The van der Waals surface area contributed by atoms with E-state index in [4.69, 9.17) is 4.74 Å². The molecule has 7 nitrogen and oxygen atoms in total. The van der Waals surface area contributed by atoms with E-state index < -0.39 is 27.5 Å². The minimum absolute atomic E-state index is 0.0152. The topological polar surface area (TPSA) is 96.5 Å². The SMILES string of the molecule is CC(C)(C)OC(=O)NC1CC(Nc2ccc(F)c(NS(C)(=O)=O)c2)C1. The van der Waals surface area contributed by atoms with E-state index in [0.717, 1.165) is 6.26 Å². The average Bonchev–Trinajstić information content (AvgIpc) is 2.36. The second-order valence-electron chi connectivity index (χ2n) is 7.22. The number of sulfonamides is 1. The lowest BCUT2D eigenvalue weighted by atomic mass is 9.86. The van der Waals surface area contributed by atoms with Crippen LogP contribution in [0.2, 0.25) is 0 Å². The van der Waals surface area contributed by atoms with Gasteiger partial charge in [0.15, 0.2) is 0 Å². The van der Waals surface area contributed by atoms with Gasteiger partial charge in [-0.15, -0.1) is 0 Å². The highest BCUT2D eigenvalue weighted by Gasteiger charge is 2.31. The zero-order chi connectivity index (χ0) is 18.8. The smallest absolute Gasteiger partial charge is 0.407 e. The van der Waals surface area contributed by atoms with Crippen LogP contribution < -0.4 is 15.4 Å². The molecule has 1 fully saturated rings. The molecule has 1 aromatic rings. The first-order chi connectivity index (χ1) is 11.4. The molecule has 0 heterocycles. The monoisotopic (exact) mass is 373 g/mol. The third-order valence-corrected chi connectivity index (χ3v) is 4.08. The molecule has 140 valence electrons. The van der Waals surface area contributed by atoms with E-state index in [9.17, 15) is 17.6 Å². The summed E-state index contributed by atoms with van der Waals surface area (Å²) in [7, 11) is -3.55. The van der Waals surface area contributed by atoms with Crippen molar-refractivity contribution in [2.45, 2.75) is 51.3 Å². The Bertz CT molecular complexity index is 740. The van der Waals surface area contributed by atoms with Crippen molar-refractivity contribution >= 4 is 27.5 Å². The third kappa shape index (κ3) is 6.41. The van der Waals surface area contributed by atoms with E-state index in [1.165, 1.54) is 18.2 Å². The standard InChI is InChI=1S/C16H24FN3O4S/c1-16(2,3)24-15(21)19-12-7-11(8-12)18-10-5-6-13(17)14(9-10)20-25(4,22)23/h5-6,9,11-12,18,20H,7-8H2,1-4H3,(H,19,21). The number of amides is 1. The predicted octanol–water partition coefficient (Wildman–Crippen LogP) is 2.66. The van der Waals surface area contributed by atoms with Crippen LogP contribution in [0.15, 0.2) is 18.2 Å². The first-order valence-electron chi connectivity index (χ1n) is 7.95. The van der Waals surface area contributed by atoms with Gasteiger partial charge in [0.2, 0.25) is 10.0 Å². The van der Waals surface area contributed by atoms with Crippen molar-refractivity contribution in [1.29, 1.82) is 0 Å². The maximum Gasteiger partial charge on any atom is 0.407 e. The first kappa shape index (κ1) is 19.3. The van der Waals surface area contributed by atoms with Crippen LogP contribution in [-0.2, 0) is 14.8 Å². The fourth-order valence-corrected chi connectivity index (χ4v) is 3.01. The summed E-state index contributed by atoms with van der Waals surface area (Å²) >= 11 is 0. The Labute approximate surface area is 147 Å². The van der Waals surface area contributed by atoms with Crippen LogP contribution in [0.3, 0.4) is 0 Å². The highest BCUT2D eigenvalue weighted by Crippen LogP contribution is 2.27. The van der Waals surface area contributed by atoms with Gasteiger partial charge in [-0.2, -0.15) is 0 Å². The number of ether oxygens (including phenoxy) is 1. The first-order valence-corrected chi connectivity index (χ1v) is 9.84. The lowest BCUT2D eigenvalue weighted by molar-refractivity contribution is 0.0475. The van der Waals surface area contributed by atoms with Crippen molar-refractivity contribution in [1.82, 2.24) is 5.32 Å². The molecule has 3 N–H and O–H groups in total. The lowest BCUT2D eigenvalue weighted by Gasteiger charge is -2.37. The van der Waals surface area contributed by atoms with Gasteiger partial charge >= 0.3 is 6.09 Å². The van der Waals surface area contributed by atoms with Crippen molar-refractivity contribution < 1.29 is 22.3 Å². The summed E-state index contributed by atoms with van der Waals surface area (Å²) in [5, 5.41) is 5.98. The molecule has 1 saturated carbocycles. The van der Waals surface area contributed by atoms with Crippen LogP contribution in [0.5, 0.6) is 0 Å². The highest BCUT2D eigenvalue weighted by atomic mass is 32.2. The second kappa shape index (κ2) is 7.07. The molecule has 0 saturated heterocycles. The van der Waals surface area contributed by atoms with Gasteiger partial charge in [-0.1, -0.05) is 0 Å². The lowest BCUT2D eigenvalue weighted by Crippen LogP contribution is -2.50. The van der Waals surface area contributed by atoms with Crippen molar-refractivity contribution in [2.24, 2.45) is 0 Å². The van der Waals surface area contributed by atoms with Crippen LogP contribution in [0.4, 0.5) is 20.6 Å². The molecule has 1 aromatic carbocycles. The number of halogens is 1. The summed E-state index contributed by atoms with van der Waals surface area (Å²) < 4.78 is 43.5. The zero-order valence-electron chi connectivity index (χ0n) is 14.7. The highest BCUT2D eigenvalue weighted by molar-refractivity contribution is 7.92. The molecule has 1 aliphatic carbocycles. The molecule has 0 atom stereocenters. The summed E-state index contributed by atoms with van der Waals surface area (Å²) in [6.07, 6.45) is 1.92. The molecule has 9 heteroatoms. The molecule has 0 radical (unpaired) electrons. The molecule has 0 unspecified atom stereocenters. The van der Waals surface area contributed by atoms with Crippen LogP contribution in [0.1, 0.15) is 33.6 Å². The molecule has 1 amide bonds. The van der Waals surface area contributed by atoms with E-state index in [2.05, 4.69) is 15.4 Å². The molecular formula is C16H24FN3O4S. The number of rotatable bonds is 5. The quantitative estimate of drug-likeness (QED) is 0.737. The van der Waals surface area contributed by atoms with Crippen LogP contribution in [0.25, 0.3) is 0 Å². The van der Waals surface area contributed by atoms with Gasteiger partial charge in [0.05, 0.1) is 11.9 Å². The van der Waals surface area contributed by atoms with Gasteiger partial charge in [0.1, 0.15) is 11.4 Å². The van der Waals surface area contributed by atoms with E-state index in [0.29, 0.717) is 18.5 Å². The molecule has 1 aliphatic rings. The van der Waals surface area contributed by atoms with E-state index in [1.807, 2.05) is 0 Å². The predicted molar refractivity (Wildman–Crippen MR) is 94.7 cm³/mol. The number of nitrogens with one attached hydrogen (secondary N) is 3. The van der Waals surface area contributed by atoms with Gasteiger partial charge in [-0.25, -0.2) is 17.6 Å². The number of carbonyl (C=O) groups is 1. The molecular weight excluding hydrogens is 349 g/mol. The third-order valence-electron chi connectivity index (χ3n) is 3.49. The summed E-state index contributed by atoms with van der Waals surface area (Å²) in [5.74, 6) is -0.644. The van der Waals surface area contributed by atoms with E-state index >= 15 is 0 Å². The minimum Gasteiger partial charge on any atom is -0.444 e. The Morgan fingerprint density at radius 3 is 2.44 bits per heavy atom. The number of carbonyl (C=O) groups excluding carboxylic acids is 1. The van der Waals surface area contributed by atoms with Crippen molar-refractivity contribution in [3.63, 3.8) is 0 Å². The fourth-order valence-electron chi connectivity index (χ4n) is 2.46. The Kier molecular flexibility index (Phi) is 5.46. The van der Waals surface area contributed by atoms with Crippen LogP contribution in [0, 0.1) is 5.82 Å². The zero-order valence-corrected chi connectivity index (χ0v) is 15.5. The molecule has 0 aromatic heterocycles. The number of anilines is 2. The number of hydrogen-bond donors (Lipinski definition) is 3.